The highest BCUT2D eigenvalue weighted by Gasteiger charge is 2.02. The van der Waals surface area contributed by atoms with E-state index in [0.29, 0.717) is 6.42 Å². The standard InChI is InChI=1S/C8H12O2/c1-3-5-8(10)6-7(9)4-2/h3,5H,4,6H2,1-2H3/b5-3+. The third kappa shape index (κ3) is 4.01. The van der Waals surface area contributed by atoms with Crippen LogP contribution in [0, 0.1) is 0 Å². The SMILES string of the molecule is C/C=C/C(=O)CC(=O)CC. The summed E-state index contributed by atoms with van der Waals surface area (Å²) in [4.78, 5) is 21.3. The second kappa shape index (κ2) is 4.91. The van der Waals surface area contributed by atoms with Crippen LogP contribution >= 0.6 is 0 Å². The molecule has 0 aliphatic rings. The van der Waals surface area contributed by atoms with Crippen LogP contribution in [0.2, 0.25) is 0 Å². The number of Topliss-reactive ketones (excluding diaryl/α,β-unsaturated/α-hetero) is 1. The van der Waals surface area contributed by atoms with Gasteiger partial charge < -0.3 is 0 Å². The highest BCUT2D eigenvalue weighted by molar-refractivity contribution is 6.04. The summed E-state index contributed by atoms with van der Waals surface area (Å²) in [7, 11) is 0. The van der Waals surface area contributed by atoms with Gasteiger partial charge in [0.25, 0.3) is 0 Å². The third-order valence-corrected chi connectivity index (χ3v) is 1.12. The molecule has 0 aromatic carbocycles. The van der Waals surface area contributed by atoms with Crippen molar-refractivity contribution in [2.75, 3.05) is 0 Å². The van der Waals surface area contributed by atoms with E-state index in [0.717, 1.165) is 0 Å². The van der Waals surface area contributed by atoms with Crippen LogP contribution in [-0.2, 0) is 9.59 Å². The molecule has 2 heteroatoms. The quantitative estimate of drug-likeness (QED) is 0.438. The largest absolute Gasteiger partial charge is 0.299 e. The highest BCUT2D eigenvalue weighted by Crippen LogP contribution is 1.91. The van der Waals surface area contributed by atoms with Gasteiger partial charge >= 0.3 is 0 Å². The fraction of sp³-hybridized carbons (Fsp3) is 0.500. The zero-order valence-corrected chi connectivity index (χ0v) is 6.39. The minimum absolute atomic E-state index is 0.00287. The molecule has 10 heavy (non-hydrogen) atoms. The maximum Gasteiger partial charge on any atom is 0.162 e. The van der Waals surface area contributed by atoms with Gasteiger partial charge in [-0.15, -0.1) is 0 Å². The summed E-state index contributed by atoms with van der Waals surface area (Å²) in [5, 5.41) is 0. The zero-order chi connectivity index (χ0) is 7.98. The van der Waals surface area contributed by atoms with Crippen molar-refractivity contribution in [1.82, 2.24) is 0 Å². The van der Waals surface area contributed by atoms with Gasteiger partial charge in [-0.2, -0.15) is 0 Å². The topological polar surface area (TPSA) is 34.1 Å². The lowest BCUT2D eigenvalue weighted by atomic mass is 10.1. The molecule has 0 aliphatic carbocycles. The summed E-state index contributed by atoms with van der Waals surface area (Å²) in [6.07, 6.45) is 3.57. The minimum Gasteiger partial charge on any atom is -0.299 e. The van der Waals surface area contributed by atoms with E-state index in [2.05, 4.69) is 0 Å². The number of carbonyl (C=O) groups excluding carboxylic acids is 2. The normalized spacial score (nSPS) is 10.2. The summed E-state index contributed by atoms with van der Waals surface area (Å²) in [5.41, 5.74) is 0. The van der Waals surface area contributed by atoms with Crippen LogP contribution in [0.5, 0.6) is 0 Å². The maximum atomic E-state index is 10.7. The molecule has 0 spiro atoms. The number of rotatable bonds is 4. The van der Waals surface area contributed by atoms with Crippen LogP contribution < -0.4 is 0 Å². The molecule has 0 radical (unpaired) electrons. The van der Waals surface area contributed by atoms with Crippen LogP contribution in [0.25, 0.3) is 0 Å². The van der Waals surface area contributed by atoms with Crippen molar-refractivity contribution >= 4 is 11.6 Å². The van der Waals surface area contributed by atoms with Crippen LogP contribution in [0.15, 0.2) is 12.2 Å². The number of carbonyl (C=O) groups is 2. The van der Waals surface area contributed by atoms with Gasteiger partial charge in [0.05, 0.1) is 6.42 Å². The summed E-state index contributed by atoms with van der Waals surface area (Å²) in [6.45, 7) is 3.51. The molecule has 0 unspecified atom stereocenters. The van der Waals surface area contributed by atoms with Crippen molar-refractivity contribution in [2.45, 2.75) is 26.7 Å². The number of hydrogen-bond donors (Lipinski definition) is 0. The Morgan fingerprint density at radius 1 is 1.40 bits per heavy atom. The first-order valence-corrected chi connectivity index (χ1v) is 3.38. The fourth-order valence-electron chi connectivity index (χ4n) is 0.564. The number of ketones is 2. The monoisotopic (exact) mass is 140 g/mol. The molecule has 0 atom stereocenters. The molecular weight excluding hydrogens is 128 g/mol. The Labute approximate surface area is 60.9 Å². The van der Waals surface area contributed by atoms with E-state index >= 15 is 0 Å². The number of allylic oxidation sites excluding steroid dienone is 2. The molecule has 0 saturated carbocycles. The smallest absolute Gasteiger partial charge is 0.162 e. The Hall–Kier alpha value is -0.920. The van der Waals surface area contributed by atoms with Crippen molar-refractivity contribution in [2.24, 2.45) is 0 Å². The Bertz CT molecular complexity index is 157. The Morgan fingerprint density at radius 3 is 2.40 bits per heavy atom. The fourth-order valence-corrected chi connectivity index (χ4v) is 0.564. The van der Waals surface area contributed by atoms with E-state index < -0.39 is 0 Å². The maximum absolute atomic E-state index is 10.7. The van der Waals surface area contributed by atoms with Crippen molar-refractivity contribution in [3.05, 3.63) is 12.2 Å². The zero-order valence-electron chi connectivity index (χ0n) is 6.39. The second-order valence-electron chi connectivity index (χ2n) is 2.04. The molecule has 0 heterocycles. The first-order valence-electron chi connectivity index (χ1n) is 3.38. The van der Waals surface area contributed by atoms with Crippen LogP contribution in [0.3, 0.4) is 0 Å². The summed E-state index contributed by atoms with van der Waals surface area (Å²) >= 11 is 0. The van der Waals surface area contributed by atoms with E-state index in [9.17, 15) is 9.59 Å². The van der Waals surface area contributed by atoms with E-state index in [-0.39, 0.29) is 18.0 Å². The summed E-state index contributed by atoms with van der Waals surface area (Å²) < 4.78 is 0. The molecule has 0 N–H and O–H groups in total. The molecule has 56 valence electrons. The third-order valence-electron chi connectivity index (χ3n) is 1.12. The van der Waals surface area contributed by atoms with Crippen LogP contribution in [-0.4, -0.2) is 11.6 Å². The lowest BCUT2D eigenvalue weighted by Crippen LogP contribution is -2.02. The summed E-state index contributed by atoms with van der Waals surface area (Å²) in [5.74, 6) is -0.0996. The van der Waals surface area contributed by atoms with Gasteiger partial charge in [0.2, 0.25) is 0 Å². The van der Waals surface area contributed by atoms with E-state index in [1.165, 1.54) is 6.08 Å². The lowest BCUT2D eigenvalue weighted by Gasteiger charge is -1.89. The van der Waals surface area contributed by atoms with Gasteiger partial charge in [-0.05, 0) is 13.0 Å². The van der Waals surface area contributed by atoms with Gasteiger partial charge in [0.15, 0.2) is 5.78 Å². The van der Waals surface area contributed by atoms with E-state index in [4.69, 9.17) is 0 Å². The van der Waals surface area contributed by atoms with Crippen molar-refractivity contribution in [1.29, 1.82) is 0 Å². The van der Waals surface area contributed by atoms with E-state index in [1.54, 1.807) is 19.9 Å². The van der Waals surface area contributed by atoms with Crippen molar-refractivity contribution < 1.29 is 9.59 Å². The predicted octanol–water partition coefficient (Wildman–Crippen LogP) is 1.50. The molecular formula is C8H12O2. The van der Waals surface area contributed by atoms with Crippen molar-refractivity contribution in [3.8, 4) is 0 Å². The Morgan fingerprint density at radius 2 is 2.00 bits per heavy atom. The number of hydrogen-bond acceptors (Lipinski definition) is 2. The first-order chi connectivity index (χ1) is 4.70. The first kappa shape index (κ1) is 9.08. The summed E-state index contributed by atoms with van der Waals surface area (Å²) in [6, 6.07) is 0. The molecule has 0 bridgehead atoms. The van der Waals surface area contributed by atoms with Gasteiger partial charge in [0.1, 0.15) is 5.78 Å². The molecule has 0 amide bonds. The second-order valence-corrected chi connectivity index (χ2v) is 2.04. The molecule has 0 aliphatic heterocycles. The molecule has 0 aromatic rings. The predicted molar refractivity (Wildman–Crippen MR) is 39.7 cm³/mol. The van der Waals surface area contributed by atoms with Gasteiger partial charge in [0, 0.05) is 6.42 Å². The van der Waals surface area contributed by atoms with E-state index in [1.807, 2.05) is 0 Å². The van der Waals surface area contributed by atoms with Gasteiger partial charge in [-0.25, -0.2) is 0 Å². The minimum atomic E-state index is -0.102. The molecule has 0 fully saturated rings. The molecule has 0 saturated heterocycles. The lowest BCUT2D eigenvalue weighted by molar-refractivity contribution is -0.124. The molecule has 0 rings (SSSR count). The van der Waals surface area contributed by atoms with Crippen LogP contribution in [0.1, 0.15) is 26.7 Å². The molecule has 0 aromatic heterocycles. The van der Waals surface area contributed by atoms with Crippen LogP contribution in [0.4, 0.5) is 0 Å². The molecule has 2 nitrogen and oxygen atoms in total. The average molecular weight is 140 g/mol. The Balaban J connectivity index is 3.68. The van der Waals surface area contributed by atoms with Gasteiger partial charge in [-0.1, -0.05) is 13.0 Å². The van der Waals surface area contributed by atoms with Gasteiger partial charge in [-0.3, -0.25) is 9.59 Å². The highest BCUT2D eigenvalue weighted by atomic mass is 16.1. The Kier molecular flexibility index (Phi) is 4.46. The van der Waals surface area contributed by atoms with Crippen molar-refractivity contribution in [3.63, 3.8) is 0 Å². The average Bonchev–Trinajstić information content (AvgIpc) is 1.88.